The van der Waals surface area contributed by atoms with Crippen LogP contribution in [0.3, 0.4) is 0 Å². The molecule has 7 aromatic rings. The third kappa shape index (κ3) is 3.75. The Morgan fingerprint density at radius 3 is 1.05 bits per heavy atom. The van der Waals surface area contributed by atoms with Crippen molar-refractivity contribution in [1.82, 2.24) is 39.9 Å². The molecule has 0 saturated carbocycles. The van der Waals surface area contributed by atoms with E-state index in [-0.39, 0.29) is 31.0 Å². The number of phenols is 2. The summed E-state index contributed by atoms with van der Waals surface area (Å²) >= 11 is 0. The number of rotatable bonds is 0. The summed E-state index contributed by atoms with van der Waals surface area (Å²) in [7, 11) is 0. The van der Waals surface area contributed by atoms with Gasteiger partial charge in [-0.1, -0.05) is 72.8 Å². The summed E-state index contributed by atoms with van der Waals surface area (Å²) in [6, 6.07) is 26.1. The maximum atomic E-state index is 10.4. The van der Waals surface area contributed by atoms with Crippen molar-refractivity contribution in [2.45, 2.75) is 0 Å². The van der Waals surface area contributed by atoms with E-state index in [9.17, 15) is 10.2 Å². The normalized spacial score (nSPS) is 11.7. The first-order valence-corrected chi connectivity index (χ1v) is 13.2. The maximum absolute atomic E-state index is 10.4. The maximum Gasteiger partial charge on any atom is 2.00 e. The van der Waals surface area contributed by atoms with Gasteiger partial charge >= 0.3 is 19.5 Å². The van der Waals surface area contributed by atoms with Crippen molar-refractivity contribution in [3.05, 3.63) is 84.9 Å². The minimum atomic E-state index is -0.289. The van der Waals surface area contributed by atoms with E-state index in [0.717, 1.165) is 32.7 Å². The monoisotopic (exact) mass is 608 g/mol. The summed E-state index contributed by atoms with van der Waals surface area (Å²) in [5, 5.41) is 23.9. The first-order chi connectivity index (χ1) is 20.6. The number of aromatic nitrogens is 8. The zero-order chi connectivity index (χ0) is 27.9. The summed E-state index contributed by atoms with van der Waals surface area (Å²) in [6.45, 7) is 0. The van der Waals surface area contributed by atoms with E-state index in [1.165, 1.54) is 12.1 Å². The van der Waals surface area contributed by atoms with E-state index < -0.39 is 0 Å². The topological polar surface area (TPSA) is 146 Å². The van der Waals surface area contributed by atoms with Crippen LogP contribution >= 0.6 is 0 Å². The Labute approximate surface area is 255 Å². The predicted octanol–water partition coefficient (Wildman–Crippen LogP) is 5.54. The molecule has 10 nitrogen and oxygen atoms in total. The molecule has 5 heterocycles. The summed E-state index contributed by atoms with van der Waals surface area (Å²) in [4.78, 5) is 38.6. The van der Waals surface area contributed by atoms with Gasteiger partial charge in [-0.3, -0.25) is 0 Å². The number of phenolic OH excluding ortho intramolecular Hbond substituents is 2. The van der Waals surface area contributed by atoms with Crippen molar-refractivity contribution in [2.75, 3.05) is 0 Å². The van der Waals surface area contributed by atoms with E-state index in [1.54, 1.807) is 0 Å². The second-order valence-electron chi connectivity index (χ2n) is 10.0. The van der Waals surface area contributed by atoms with Crippen LogP contribution in [-0.4, -0.2) is 40.1 Å². The Morgan fingerprint density at radius 1 is 0.395 bits per heavy atom. The minimum absolute atomic E-state index is 0. The van der Waals surface area contributed by atoms with Crippen LogP contribution in [0.15, 0.2) is 84.9 Å². The second-order valence-corrected chi connectivity index (χ2v) is 10.0. The standard InChI is InChI=1S/C32H16N8O2.Zn/c41-23-13-21-22(14-24(23)42)32-39-30-20-12-6-4-10-18(20)28(37-30)35-26-16-8-2-1-7-15(16)25(33-26)34-27-17-9-3-5-11-19(17)29(36-27)38-31(21)40-32;/h1-14H,(H2-2,33,34,35,36,37,38,39,40,41,42);/q-2;+2. The molecule has 11 heteroatoms. The van der Waals surface area contributed by atoms with Crippen LogP contribution in [0.25, 0.3) is 89.7 Å². The average molecular weight is 610 g/mol. The molecule has 0 radical (unpaired) electrons. The summed E-state index contributed by atoms with van der Waals surface area (Å²) in [5.74, 6) is 0.991. The Hall–Kier alpha value is -5.54. The molecule has 2 aliphatic heterocycles. The first-order valence-electron chi connectivity index (χ1n) is 13.2. The van der Waals surface area contributed by atoms with E-state index in [4.69, 9.17) is 39.9 Å². The molecule has 0 fully saturated rings. The molecule has 8 bridgehead atoms. The zero-order valence-electron chi connectivity index (χ0n) is 22.3. The van der Waals surface area contributed by atoms with Crippen LogP contribution in [0.4, 0.5) is 0 Å². The van der Waals surface area contributed by atoms with Crippen molar-refractivity contribution in [3.63, 3.8) is 0 Å². The van der Waals surface area contributed by atoms with Gasteiger partial charge in [0.1, 0.15) is 0 Å². The molecule has 4 aromatic carbocycles. The quantitative estimate of drug-likeness (QED) is 0.166. The molecule has 0 aliphatic carbocycles. The molecular formula is C32H16N8O2Zn. The van der Waals surface area contributed by atoms with Gasteiger partial charge in [-0.2, -0.15) is 0 Å². The van der Waals surface area contributed by atoms with Gasteiger partial charge in [0.15, 0.2) is 11.5 Å². The number of benzene rings is 4. The first kappa shape index (κ1) is 25.2. The van der Waals surface area contributed by atoms with E-state index in [1.807, 2.05) is 72.8 Å². The molecule has 2 aliphatic rings. The molecule has 43 heavy (non-hydrogen) atoms. The number of hydrogen-bond acceptors (Lipinski definition) is 8. The van der Waals surface area contributed by atoms with Gasteiger partial charge in [0.25, 0.3) is 0 Å². The zero-order valence-corrected chi connectivity index (χ0v) is 25.2. The Balaban J connectivity index is 0.00000278. The summed E-state index contributed by atoms with van der Waals surface area (Å²) in [5.41, 5.74) is 4.45. The SMILES string of the molecule is Oc1cc2c(cc1O)-c1nc-2nc2[n-]c(nc3nc(nc4[n-]c(n1)c1ccccc41)-c1ccccc1-3)c1ccccc21.[Zn+2]. The van der Waals surface area contributed by atoms with Crippen LogP contribution in [0.2, 0.25) is 0 Å². The largest absolute Gasteiger partial charge is 2.00 e. The number of hydrogen-bond donors (Lipinski definition) is 2. The van der Waals surface area contributed by atoms with Crippen molar-refractivity contribution < 1.29 is 29.7 Å². The van der Waals surface area contributed by atoms with Gasteiger partial charge in [-0.15, -0.1) is 0 Å². The number of nitrogens with zero attached hydrogens (tertiary/aromatic N) is 8. The van der Waals surface area contributed by atoms with Crippen LogP contribution < -0.4 is 9.97 Å². The van der Waals surface area contributed by atoms with Gasteiger partial charge in [0.05, 0.1) is 23.3 Å². The molecule has 0 atom stereocenters. The molecule has 0 unspecified atom stereocenters. The van der Waals surface area contributed by atoms with E-state index in [2.05, 4.69) is 0 Å². The second kappa shape index (κ2) is 9.24. The molecule has 3 aromatic heterocycles. The van der Waals surface area contributed by atoms with Gasteiger partial charge in [-0.25, -0.2) is 9.97 Å². The third-order valence-electron chi connectivity index (χ3n) is 7.52. The van der Waals surface area contributed by atoms with Crippen LogP contribution in [0.5, 0.6) is 11.5 Å². The smallest absolute Gasteiger partial charge is 0.504 e. The van der Waals surface area contributed by atoms with Crippen molar-refractivity contribution in [3.8, 4) is 57.1 Å². The Morgan fingerprint density at radius 2 is 0.698 bits per heavy atom. The fourth-order valence-electron chi connectivity index (χ4n) is 5.53. The fraction of sp³-hybridized carbons (Fsp3) is 0. The molecule has 0 spiro atoms. The Kier molecular flexibility index (Phi) is 5.41. The van der Waals surface area contributed by atoms with Crippen LogP contribution in [-0.2, 0) is 19.5 Å². The van der Waals surface area contributed by atoms with Crippen molar-refractivity contribution in [2.24, 2.45) is 0 Å². The Bertz CT molecular complexity index is 2300. The molecule has 198 valence electrons. The third-order valence-corrected chi connectivity index (χ3v) is 7.52. The van der Waals surface area contributed by atoms with Gasteiger partial charge < -0.3 is 40.1 Å². The van der Waals surface area contributed by atoms with Crippen LogP contribution in [0.1, 0.15) is 0 Å². The summed E-state index contributed by atoms with van der Waals surface area (Å²) < 4.78 is 0. The van der Waals surface area contributed by atoms with E-state index >= 15 is 0 Å². The van der Waals surface area contributed by atoms with Gasteiger partial charge in [0, 0.05) is 44.8 Å². The van der Waals surface area contributed by atoms with Gasteiger partial charge in [0.2, 0.25) is 0 Å². The van der Waals surface area contributed by atoms with E-state index in [0.29, 0.717) is 57.0 Å². The molecular weight excluding hydrogens is 594 g/mol. The predicted molar refractivity (Wildman–Crippen MR) is 157 cm³/mol. The average Bonchev–Trinajstić information content (AvgIpc) is 3.73. The van der Waals surface area contributed by atoms with Crippen LogP contribution in [0, 0.1) is 0 Å². The molecule has 0 amide bonds. The van der Waals surface area contributed by atoms with Crippen molar-refractivity contribution in [1.29, 1.82) is 0 Å². The summed E-state index contributed by atoms with van der Waals surface area (Å²) in [6.07, 6.45) is 0. The number of aromatic hydroxyl groups is 2. The van der Waals surface area contributed by atoms with Crippen molar-refractivity contribution >= 4 is 44.1 Å². The molecule has 0 saturated heterocycles. The fourth-order valence-corrected chi connectivity index (χ4v) is 5.53. The molecule has 9 rings (SSSR count). The van der Waals surface area contributed by atoms with Gasteiger partial charge in [-0.05, 0) is 33.7 Å². The molecule has 2 N–H and O–H groups in total. The number of fused-ring (bicyclic) bond motifs is 20. The minimum Gasteiger partial charge on any atom is -0.504 e.